The molecule has 10 heteroatoms. The molecule has 1 aromatic carbocycles. The second-order valence-corrected chi connectivity index (χ2v) is 6.01. The fraction of sp³-hybridized carbons (Fsp3) is 0.222. The first-order chi connectivity index (χ1) is 8.54. The van der Waals surface area contributed by atoms with E-state index in [0.717, 1.165) is 12.1 Å². The molecule has 1 rings (SSSR count). The monoisotopic (exact) mass is 356 g/mol. The van der Waals surface area contributed by atoms with Crippen LogP contribution in [0.4, 0.5) is 13.2 Å². The maximum atomic E-state index is 12.4. The summed E-state index contributed by atoms with van der Waals surface area (Å²) in [6, 6.07) is 3.02. The molecule has 0 saturated heterocycles. The molecule has 1 N–H and O–H groups in total. The predicted molar refractivity (Wildman–Crippen MR) is 67.6 cm³/mol. The first-order valence-electron chi connectivity index (χ1n) is 4.35. The van der Waals surface area contributed by atoms with Crippen molar-refractivity contribution in [1.29, 1.82) is 0 Å². The average molecular weight is 358 g/mol. The van der Waals surface area contributed by atoms with Gasteiger partial charge >= 0.3 is 12.1 Å². The Morgan fingerprint density at radius 3 is 2.16 bits per heavy atom. The first kappa shape index (κ1) is 18.5. The molecule has 0 fully saturated rings. The van der Waals surface area contributed by atoms with Crippen molar-refractivity contribution in [3.63, 3.8) is 0 Å². The number of aliphatic carboxylic acids is 1. The summed E-state index contributed by atoms with van der Waals surface area (Å²) in [5.41, 5.74) is -1.29. The van der Waals surface area contributed by atoms with Crippen molar-refractivity contribution in [2.75, 3.05) is 0 Å². The molecule has 19 heavy (non-hydrogen) atoms. The van der Waals surface area contributed by atoms with E-state index in [1.807, 2.05) is 0 Å². The highest BCUT2D eigenvalue weighted by molar-refractivity contribution is 8.26. The standard InChI is InChI=1S/C9H6ClF3O2.Cl2OS/c10-6-2-1-5(3-8(14)15)7(4-6)9(11,12)13;1-4(2)3/h1-2,4H,3H2,(H,14,15);. The number of hydrogen-bond donors (Lipinski definition) is 1. The molecule has 0 atom stereocenters. The fourth-order valence-corrected chi connectivity index (χ4v) is 1.30. The highest BCUT2D eigenvalue weighted by Crippen LogP contribution is 2.33. The number of hydrogen-bond acceptors (Lipinski definition) is 2. The Morgan fingerprint density at radius 2 is 1.79 bits per heavy atom. The van der Waals surface area contributed by atoms with Crippen LogP contribution in [-0.2, 0) is 26.6 Å². The van der Waals surface area contributed by atoms with Crippen molar-refractivity contribution >= 4 is 48.2 Å². The Bertz CT molecular complexity index is 476. The van der Waals surface area contributed by atoms with Crippen LogP contribution in [0.25, 0.3) is 0 Å². The van der Waals surface area contributed by atoms with E-state index in [2.05, 4.69) is 21.4 Å². The fourth-order valence-electron chi connectivity index (χ4n) is 1.13. The van der Waals surface area contributed by atoms with Crippen molar-refractivity contribution in [2.45, 2.75) is 12.6 Å². The minimum Gasteiger partial charge on any atom is -0.481 e. The molecular formula is C9H6Cl3F3O3S. The van der Waals surface area contributed by atoms with E-state index in [4.69, 9.17) is 20.9 Å². The Hall–Kier alpha value is -0.500. The van der Waals surface area contributed by atoms with Gasteiger partial charge in [-0.25, -0.2) is 4.21 Å². The molecular weight excluding hydrogens is 352 g/mol. The average Bonchev–Trinajstić information content (AvgIpc) is 2.17. The summed E-state index contributed by atoms with van der Waals surface area (Å²) in [7, 11) is 7.36. The van der Waals surface area contributed by atoms with Crippen LogP contribution in [0.3, 0.4) is 0 Å². The van der Waals surface area contributed by atoms with E-state index >= 15 is 0 Å². The van der Waals surface area contributed by atoms with Crippen LogP contribution >= 0.6 is 33.0 Å². The number of carbonyl (C=O) groups is 1. The highest BCUT2D eigenvalue weighted by atomic mass is 36.0. The van der Waals surface area contributed by atoms with Crippen LogP contribution in [0.1, 0.15) is 11.1 Å². The van der Waals surface area contributed by atoms with Crippen LogP contribution in [0.2, 0.25) is 5.02 Å². The lowest BCUT2D eigenvalue weighted by Gasteiger charge is -2.11. The minimum absolute atomic E-state index is 0.0727. The number of benzene rings is 1. The van der Waals surface area contributed by atoms with E-state index in [0.29, 0.717) is 0 Å². The predicted octanol–water partition coefficient (Wildman–Crippen LogP) is 4.03. The van der Waals surface area contributed by atoms with Gasteiger partial charge in [0.05, 0.1) is 12.0 Å². The second-order valence-electron chi connectivity index (χ2n) is 3.05. The van der Waals surface area contributed by atoms with Crippen molar-refractivity contribution < 1.29 is 27.3 Å². The summed E-state index contributed by atoms with van der Waals surface area (Å²) < 4.78 is 46.4. The van der Waals surface area contributed by atoms with Gasteiger partial charge in [-0.15, -0.1) is 0 Å². The highest BCUT2D eigenvalue weighted by Gasteiger charge is 2.33. The van der Waals surface area contributed by atoms with Crippen molar-refractivity contribution in [3.8, 4) is 0 Å². The molecule has 0 aromatic heterocycles. The summed E-state index contributed by atoms with van der Waals surface area (Å²) in [6.45, 7) is 0. The zero-order valence-corrected chi connectivity index (χ0v) is 12.0. The summed E-state index contributed by atoms with van der Waals surface area (Å²) in [5.74, 6) is -1.32. The number of halogens is 6. The summed E-state index contributed by atoms with van der Waals surface area (Å²) in [6.07, 6.45) is -5.26. The zero-order chi connectivity index (χ0) is 15.2. The molecule has 0 amide bonds. The summed E-state index contributed by atoms with van der Waals surface area (Å²) in [4.78, 5) is 10.3. The largest absolute Gasteiger partial charge is 0.481 e. The lowest BCUT2D eigenvalue weighted by molar-refractivity contribution is -0.139. The van der Waals surface area contributed by atoms with Gasteiger partial charge in [-0.2, -0.15) is 13.2 Å². The van der Waals surface area contributed by atoms with E-state index in [-0.39, 0.29) is 10.6 Å². The van der Waals surface area contributed by atoms with Crippen LogP contribution in [0, 0.1) is 0 Å². The Morgan fingerprint density at radius 1 is 1.32 bits per heavy atom. The van der Waals surface area contributed by atoms with Gasteiger partial charge in [0.1, 0.15) is 0 Å². The number of carboxylic acids is 1. The molecule has 108 valence electrons. The molecule has 0 heterocycles. The Kier molecular flexibility index (Phi) is 7.73. The lowest BCUT2D eigenvalue weighted by Crippen LogP contribution is -2.12. The molecule has 0 aliphatic heterocycles. The van der Waals surface area contributed by atoms with Gasteiger partial charge in [-0.05, 0) is 17.7 Å². The van der Waals surface area contributed by atoms with Gasteiger partial charge in [0.15, 0.2) is 0 Å². The molecule has 0 radical (unpaired) electrons. The molecule has 0 spiro atoms. The molecule has 0 bridgehead atoms. The van der Waals surface area contributed by atoms with Gasteiger partial charge in [0.2, 0.25) is 9.23 Å². The van der Waals surface area contributed by atoms with E-state index in [1.165, 1.54) is 6.07 Å². The van der Waals surface area contributed by atoms with Gasteiger partial charge < -0.3 is 5.11 Å². The minimum atomic E-state index is -4.59. The quantitative estimate of drug-likeness (QED) is 0.813. The van der Waals surface area contributed by atoms with Crippen LogP contribution in [-0.4, -0.2) is 15.3 Å². The Labute approximate surface area is 122 Å². The second kappa shape index (κ2) is 7.94. The third kappa shape index (κ3) is 8.30. The van der Waals surface area contributed by atoms with E-state index in [9.17, 15) is 18.0 Å². The molecule has 0 unspecified atom stereocenters. The molecule has 1 aromatic rings. The lowest BCUT2D eigenvalue weighted by atomic mass is 10.0. The SMILES string of the molecule is O=C(O)Cc1ccc(Cl)cc1C(F)(F)F.O=S(Cl)Cl. The van der Waals surface area contributed by atoms with Crippen molar-refractivity contribution in [2.24, 2.45) is 0 Å². The molecule has 0 saturated carbocycles. The smallest absolute Gasteiger partial charge is 0.416 e. The topological polar surface area (TPSA) is 54.4 Å². The number of alkyl halides is 3. The Balaban J connectivity index is 0.000000711. The normalized spacial score (nSPS) is 10.9. The van der Waals surface area contributed by atoms with Gasteiger partial charge in [0, 0.05) is 26.4 Å². The first-order valence-corrected chi connectivity index (χ1v) is 7.53. The third-order valence-corrected chi connectivity index (χ3v) is 1.95. The summed E-state index contributed by atoms with van der Waals surface area (Å²) >= 11 is 5.41. The van der Waals surface area contributed by atoms with Crippen LogP contribution in [0.15, 0.2) is 18.2 Å². The van der Waals surface area contributed by atoms with Crippen molar-refractivity contribution in [1.82, 2.24) is 0 Å². The van der Waals surface area contributed by atoms with Crippen LogP contribution in [0.5, 0.6) is 0 Å². The number of carboxylic acid groups (broad SMARTS) is 1. The van der Waals surface area contributed by atoms with Crippen molar-refractivity contribution in [3.05, 3.63) is 34.3 Å². The third-order valence-electron chi connectivity index (χ3n) is 1.72. The van der Waals surface area contributed by atoms with E-state index < -0.39 is 33.4 Å². The van der Waals surface area contributed by atoms with Gasteiger partial charge in [-0.1, -0.05) is 17.7 Å². The summed E-state index contributed by atoms with van der Waals surface area (Å²) in [5, 5.41) is 8.35. The maximum Gasteiger partial charge on any atom is 0.416 e. The zero-order valence-electron chi connectivity index (χ0n) is 8.88. The maximum absolute atomic E-state index is 12.4. The molecule has 3 nitrogen and oxygen atoms in total. The number of rotatable bonds is 2. The van der Waals surface area contributed by atoms with E-state index in [1.54, 1.807) is 0 Å². The molecule has 0 aliphatic rings. The van der Waals surface area contributed by atoms with Gasteiger partial charge in [0.25, 0.3) is 0 Å². The van der Waals surface area contributed by atoms with Gasteiger partial charge in [-0.3, -0.25) is 4.79 Å². The molecule has 0 aliphatic carbocycles. The van der Waals surface area contributed by atoms with Crippen LogP contribution < -0.4 is 0 Å².